The summed E-state index contributed by atoms with van der Waals surface area (Å²) in [4.78, 5) is 52.7. The Hall–Kier alpha value is -2.32. The van der Waals surface area contributed by atoms with E-state index in [9.17, 15) is 29.4 Å². The number of carbonyl (C=O) groups excluding carboxylic acids is 4. The molecule has 0 aliphatic heterocycles. The smallest absolute Gasteiger partial charge is 0.306 e. The number of carbonyl (C=O) groups is 4. The van der Waals surface area contributed by atoms with Gasteiger partial charge in [-0.05, 0) is 71.5 Å². The average molecular weight is 916 g/mol. The highest BCUT2D eigenvalue weighted by molar-refractivity contribution is 5.71. The minimum Gasteiger partial charge on any atom is -0.462 e. The molecule has 4 atom stereocenters. The van der Waals surface area contributed by atoms with Crippen LogP contribution in [0.3, 0.4) is 0 Å². The SMILES string of the molecule is CCCCCCCCC(=O)OCC(COC(O)CCCCCCCC)OC(=O)CCCN(C)CCCC(=O)OC(COC(=O)CCCCCCCC)COC(O)CCCCCCCC. The predicted octanol–water partition coefficient (Wildman–Crippen LogP) is 11.1. The van der Waals surface area contributed by atoms with Gasteiger partial charge in [-0.3, -0.25) is 19.2 Å². The van der Waals surface area contributed by atoms with Crippen molar-refractivity contribution >= 4 is 23.9 Å². The first kappa shape index (κ1) is 61.7. The van der Waals surface area contributed by atoms with Gasteiger partial charge in [-0.1, -0.05) is 156 Å². The quantitative estimate of drug-likeness (QED) is 0.0256. The molecule has 13 heteroatoms. The summed E-state index contributed by atoms with van der Waals surface area (Å²) >= 11 is 0. The maximum absolute atomic E-state index is 12.9. The summed E-state index contributed by atoms with van der Waals surface area (Å²) in [5.74, 6) is -1.56. The molecule has 64 heavy (non-hydrogen) atoms. The van der Waals surface area contributed by atoms with Gasteiger partial charge in [0.15, 0.2) is 24.8 Å². The number of hydrogen-bond donors (Lipinski definition) is 2. The first-order valence-corrected chi connectivity index (χ1v) is 26.0. The van der Waals surface area contributed by atoms with Crippen LogP contribution in [0, 0.1) is 0 Å². The normalized spacial score (nSPS) is 13.4. The van der Waals surface area contributed by atoms with Gasteiger partial charge in [0, 0.05) is 25.7 Å². The standard InChI is InChI=1S/C51H97NO12/c1-6-10-14-18-22-26-32-46(53)59-40-44(41-60-47(54)33-27-23-19-15-11-7-2)63-50(57)36-30-38-52(5)39-31-37-51(58)64-45(42-61-48(55)34-28-24-20-16-12-8-3)43-62-49(56)35-29-25-21-17-13-9-4/h44-46,48,53,55H,6-43H2,1-5H3. The zero-order chi connectivity index (χ0) is 47.3. The van der Waals surface area contributed by atoms with E-state index in [1.54, 1.807) is 0 Å². The number of rotatable bonds is 48. The largest absolute Gasteiger partial charge is 0.462 e. The molecular weight excluding hydrogens is 819 g/mol. The maximum Gasteiger partial charge on any atom is 0.306 e. The van der Waals surface area contributed by atoms with Crippen LogP contribution in [0.5, 0.6) is 0 Å². The van der Waals surface area contributed by atoms with E-state index >= 15 is 0 Å². The highest BCUT2D eigenvalue weighted by Crippen LogP contribution is 2.14. The maximum atomic E-state index is 12.9. The number of nitrogens with zero attached hydrogens (tertiary/aromatic N) is 1. The molecule has 0 rings (SSSR count). The van der Waals surface area contributed by atoms with Gasteiger partial charge in [0.05, 0.1) is 13.2 Å². The summed E-state index contributed by atoms with van der Waals surface area (Å²) in [7, 11) is 1.91. The predicted molar refractivity (Wildman–Crippen MR) is 254 cm³/mol. The number of ether oxygens (including phenoxy) is 6. The third-order valence-electron chi connectivity index (χ3n) is 11.3. The van der Waals surface area contributed by atoms with E-state index in [0.29, 0.717) is 51.6 Å². The second-order valence-corrected chi connectivity index (χ2v) is 17.8. The fourth-order valence-electron chi connectivity index (χ4n) is 7.24. The lowest BCUT2D eigenvalue weighted by molar-refractivity contribution is -0.173. The van der Waals surface area contributed by atoms with Gasteiger partial charge in [-0.15, -0.1) is 0 Å². The van der Waals surface area contributed by atoms with Crippen molar-refractivity contribution in [2.75, 3.05) is 46.6 Å². The summed E-state index contributed by atoms with van der Waals surface area (Å²) < 4.78 is 33.6. The average Bonchev–Trinajstić information content (AvgIpc) is 3.27. The molecule has 0 aliphatic carbocycles. The van der Waals surface area contributed by atoms with E-state index in [4.69, 9.17) is 28.4 Å². The highest BCUT2D eigenvalue weighted by atomic mass is 16.6. The number of aliphatic hydroxyl groups is 2. The summed E-state index contributed by atoms with van der Waals surface area (Å²) in [6, 6.07) is 0. The van der Waals surface area contributed by atoms with E-state index in [-0.39, 0.29) is 51.2 Å². The van der Waals surface area contributed by atoms with Crippen molar-refractivity contribution in [3.8, 4) is 0 Å². The fourth-order valence-corrected chi connectivity index (χ4v) is 7.24. The molecule has 0 spiro atoms. The van der Waals surface area contributed by atoms with Crippen molar-refractivity contribution in [1.82, 2.24) is 4.90 Å². The van der Waals surface area contributed by atoms with Crippen molar-refractivity contribution in [2.45, 2.75) is 258 Å². The van der Waals surface area contributed by atoms with E-state index < -0.39 is 36.7 Å². The van der Waals surface area contributed by atoms with E-state index in [2.05, 4.69) is 27.7 Å². The molecule has 2 N–H and O–H groups in total. The van der Waals surface area contributed by atoms with Gasteiger partial charge < -0.3 is 43.5 Å². The Labute approximate surface area is 390 Å². The highest BCUT2D eigenvalue weighted by Gasteiger charge is 2.21. The Morgan fingerprint density at radius 3 is 1.03 bits per heavy atom. The van der Waals surface area contributed by atoms with Crippen LogP contribution in [-0.4, -0.2) is 110 Å². The number of esters is 4. The summed E-state index contributed by atoms with van der Waals surface area (Å²) in [6.07, 6.45) is 25.1. The third kappa shape index (κ3) is 42.3. The topological polar surface area (TPSA) is 167 Å². The molecule has 13 nitrogen and oxygen atoms in total. The van der Waals surface area contributed by atoms with Gasteiger partial charge in [-0.25, -0.2) is 0 Å². The first-order valence-electron chi connectivity index (χ1n) is 26.0. The van der Waals surface area contributed by atoms with Crippen molar-refractivity contribution in [3.05, 3.63) is 0 Å². The molecule has 0 radical (unpaired) electrons. The van der Waals surface area contributed by atoms with Crippen LogP contribution in [0.4, 0.5) is 0 Å². The number of hydrogen-bond acceptors (Lipinski definition) is 13. The lowest BCUT2D eigenvalue weighted by Gasteiger charge is -2.21. The Bertz CT molecular complexity index is 1010. The summed E-state index contributed by atoms with van der Waals surface area (Å²) in [5, 5.41) is 20.8. The monoisotopic (exact) mass is 916 g/mol. The molecule has 0 fully saturated rings. The van der Waals surface area contributed by atoms with E-state index in [0.717, 1.165) is 89.9 Å². The fraction of sp³-hybridized carbons (Fsp3) is 0.922. The molecule has 378 valence electrons. The third-order valence-corrected chi connectivity index (χ3v) is 11.3. The molecule has 0 heterocycles. The Morgan fingerprint density at radius 1 is 0.391 bits per heavy atom. The van der Waals surface area contributed by atoms with Crippen LogP contribution in [0.1, 0.15) is 233 Å². The zero-order valence-electron chi connectivity index (χ0n) is 41.6. The van der Waals surface area contributed by atoms with E-state index in [1.165, 1.54) is 64.2 Å². The van der Waals surface area contributed by atoms with Gasteiger partial charge >= 0.3 is 23.9 Å². The van der Waals surface area contributed by atoms with Crippen LogP contribution in [0.25, 0.3) is 0 Å². The van der Waals surface area contributed by atoms with Crippen LogP contribution < -0.4 is 0 Å². The molecule has 0 aromatic rings. The second-order valence-electron chi connectivity index (χ2n) is 17.8. The van der Waals surface area contributed by atoms with Crippen molar-refractivity contribution in [1.29, 1.82) is 0 Å². The molecule has 0 aliphatic rings. The molecule has 0 saturated heterocycles. The lowest BCUT2D eigenvalue weighted by atomic mass is 10.1. The van der Waals surface area contributed by atoms with E-state index in [1.807, 2.05) is 11.9 Å². The van der Waals surface area contributed by atoms with Crippen LogP contribution >= 0.6 is 0 Å². The second kappa shape index (κ2) is 45.8. The van der Waals surface area contributed by atoms with Crippen LogP contribution in [0.15, 0.2) is 0 Å². The minimum atomic E-state index is -0.985. The Morgan fingerprint density at radius 2 is 0.688 bits per heavy atom. The minimum absolute atomic E-state index is 0.0720. The van der Waals surface area contributed by atoms with Crippen molar-refractivity contribution in [3.63, 3.8) is 0 Å². The Kier molecular flexibility index (Phi) is 44.2. The zero-order valence-corrected chi connectivity index (χ0v) is 41.6. The molecule has 4 unspecified atom stereocenters. The van der Waals surface area contributed by atoms with Gasteiger partial charge in [0.1, 0.15) is 13.2 Å². The molecule has 0 aromatic carbocycles. The van der Waals surface area contributed by atoms with Gasteiger partial charge in [0.25, 0.3) is 0 Å². The molecule has 0 bridgehead atoms. The van der Waals surface area contributed by atoms with Crippen LogP contribution in [-0.2, 0) is 47.6 Å². The Balaban J connectivity index is 4.88. The first-order chi connectivity index (χ1) is 31.0. The number of aliphatic hydroxyl groups excluding tert-OH is 2. The van der Waals surface area contributed by atoms with Crippen LogP contribution in [0.2, 0.25) is 0 Å². The lowest BCUT2D eigenvalue weighted by Crippen LogP contribution is -2.32. The van der Waals surface area contributed by atoms with Crippen molar-refractivity contribution in [2.24, 2.45) is 0 Å². The number of unbranched alkanes of at least 4 members (excludes halogenated alkanes) is 20. The molecular formula is C51H97NO12. The van der Waals surface area contributed by atoms with Crippen molar-refractivity contribution < 1.29 is 57.8 Å². The molecule has 0 aromatic heterocycles. The van der Waals surface area contributed by atoms with Gasteiger partial charge in [-0.2, -0.15) is 0 Å². The molecule has 0 amide bonds. The molecule has 0 saturated carbocycles. The van der Waals surface area contributed by atoms with Gasteiger partial charge in [0.2, 0.25) is 0 Å². The summed E-state index contributed by atoms with van der Waals surface area (Å²) in [5.41, 5.74) is 0. The summed E-state index contributed by atoms with van der Waals surface area (Å²) in [6.45, 7) is 9.45.